The lowest BCUT2D eigenvalue weighted by Gasteiger charge is -2.19. The van der Waals surface area contributed by atoms with Crippen molar-refractivity contribution in [2.75, 3.05) is 0 Å². The highest BCUT2D eigenvalue weighted by atomic mass is 32.2. The first-order chi connectivity index (χ1) is 10.0. The molecule has 2 aromatic rings. The molecule has 2 aromatic heterocycles. The molecule has 1 saturated carbocycles. The Kier molecular flexibility index (Phi) is 4.03. The average molecular weight is 307 g/mol. The highest BCUT2D eigenvalue weighted by Gasteiger charge is 2.27. The van der Waals surface area contributed by atoms with Crippen LogP contribution < -0.4 is 5.32 Å². The molecule has 114 valence electrons. The van der Waals surface area contributed by atoms with Crippen LogP contribution >= 0.6 is 11.8 Å². The minimum absolute atomic E-state index is 0.0913. The molecule has 6 nitrogen and oxygen atoms in total. The lowest BCUT2D eigenvalue weighted by atomic mass is 10.1. The summed E-state index contributed by atoms with van der Waals surface area (Å²) >= 11 is 1.62. The Hall–Kier alpha value is -1.34. The highest BCUT2D eigenvalue weighted by Crippen LogP contribution is 2.36. The summed E-state index contributed by atoms with van der Waals surface area (Å²) in [6, 6.07) is 4.56. The Labute approximate surface area is 128 Å². The van der Waals surface area contributed by atoms with Crippen molar-refractivity contribution in [3.8, 4) is 0 Å². The van der Waals surface area contributed by atoms with Gasteiger partial charge in [-0.2, -0.15) is 0 Å². The summed E-state index contributed by atoms with van der Waals surface area (Å²) in [5.41, 5.74) is 0.0913. The fraction of sp³-hybridized carbons (Fsp3) is 0.643. The van der Waals surface area contributed by atoms with Gasteiger partial charge in [0.2, 0.25) is 5.16 Å². The third-order valence-electron chi connectivity index (χ3n) is 3.21. The zero-order valence-electron chi connectivity index (χ0n) is 12.7. The molecule has 0 amide bonds. The zero-order chi connectivity index (χ0) is 14.9. The van der Waals surface area contributed by atoms with E-state index in [-0.39, 0.29) is 5.54 Å². The second kappa shape index (κ2) is 5.81. The summed E-state index contributed by atoms with van der Waals surface area (Å²) in [6.45, 7) is 7.17. The maximum absolute atomic E-state index is 5.83. The van der Waals surface area contributed by atoms with Gasteiger partial charge in [-0.05, 0) is 56.2 Å². The monoisotopic (exact) mass is 307 g/mol. The first kappa shape index (κ1) is 14.6. The van der Waals surface area contributed by atoms with Gasteiger partial charge in [-0.25, -0.2) is 4.68 Å². The molecule has 0 atom stereocenters. The number of hydrogen-bond acceptors (Lipinski definition) is 6. The smallest absolute Gasteiger partial charge is 0.210 e. The van der Waals surface area contributed by atoms with Gasteiger partial charge in [-0.1, -0.05) is 11.8 Å². The largest absolute Gasteiger partial charge is 0.464 e. The van der Waals surface area contributed by atoms with E-state index in [0.717, 1.165) is 29.0 Å². The van der Waals surface area contributed by atoms with Crippen molar-refractivity contribution in [3.63, 3.8) is 0 Å². The van der Waals surface area contributed by atoms with Gasteiger partial charge in [0, 0.05) is 5.54 Å². The molecule has 1 N–H and O–H groups in total. The maximum atomic E-state index is 5.83. The van der Waals surface area contributed by atoms with E-state index in [1.54, 1.807) is 11.8 Å². The van der Waals surface area contributed by atoms with Crippen LogP contribution in [0.25, 0.3) is 0 Å². The van der Waals surface area contributed by atoms with E-state index in [0.29, 0.717) is 6.04 Å². The van der Waals surface area contributed by atoms with Crippen LogP contribution in [0.15, 0.2) is 21.7 Å². The molecule has 0 aliphatic heterocycles. The topological polar surface area (TPSA) is 68.8 Å². The predicted molar refractivity (Wildman–Crippen MR) is 80.9 cm³/mol. The molecule has 3 rings (SSSR count). The van der Waals surface area contributed by atoms with Crippen LogP contribution in [-0.4, -0.2) is 25.7 Å². The number of rotatable bonds is 6. The van der Waals surface area contributed by atoms with E-state index in [4.69, 9.17) is 4.42 Å². The van der Waals surface area contributed by atoms with Crippen molar-refractivity contribution >= 4 is 11.8 Å². The van der Waals surface area contributed by atoms with Crippen molar-refractivity contribution in [1.82, 2.24) is 25.5 Å². The van der Waals surface area contributed by atoms with E-state index >= 15 is 0 Å². The standard InChI is InChI=1S/C14H21N5OS/c1-14(2,3)15-8-11-6-7-12(20-11)9-21-13-16-17-18-19(13)10-4-5-10/h6-7,10,15H,4-5,8-9H2,1-3H3. The summed E-state index contributed by atoms with van der Waals surface area (Å²) in [4.78, 5) is 0. The number of furan rings is 1. The molecule has 1 fully saturated rings. The van der Waals surface area contributed by atoms with Crippen molar-refractivity contribution in [1.29, 1.82) is 0 Å². The Morgan fingerprint density at radius 1 is 1.33 bits per heavy atom. The van der Waals surface area contributed by atoms with Gasteiger partial charge in [0.15, 0.2) is 0 Å². The third kappa shape index (κ3) is 4.07. The molecule has 0 spiro atoms. The van der Waals surface area contributed by atoms with E-state index < -0.39 is 0 Å². The maximum Gasteiger partial charge on any atom is 0.210 e. The Bertz CT molecular complexity index is 597. The molecule has 0 bridgehead atoms. The molecule has 1 aliphatic rings. The van der Waals surface area contributed by atoms with Gasteiger partial charge in [-0.15, -0.1) is 5.10 Å². The zero-order valence-corrected chi connectivity index (χ0v) is 13.5. The summed E-state index contributed by atoms with van der Waals surface area (Å²) in [5.74, 6) is 2.67. The Morgan fingerprint density at radius 2 is 2.10 bits per heavy atom. The van der Waals surface area contributed by atoms with Crippen LogP contribution in [0, 0.1) is 0 Å². The van der Waals surface area contributed by atoms with Crippen molar-refractivity contribution < 1.29 is 4.42 Å². The second-order valence-corrected chi connectivity index (χ2v) is 7.34. The highest BCUT2D eigenvalue weighted by molar-refractivity contribution is 7.98. The van der Waals surface area contributed by atoms with Crippen LogP contribution in [-0.2, 0) is 12.3 Å². The summed E-state index contributed by atoms with van der Waals surface area (Å²) in [5, 5.41) is 16.2. The van der Waals surface area contributed by atoms with E-state index in [2.05, 4.69) is 41.6 Å². The molecule has 7 heteroatoms. The number of hydrogen-bond donors (Lipinski definition) is 1. The summed E-state index contributed by atoms with van der Waals surface area (Å²) < 4.78 is 7.76. The number of tetrazole rings is 1. The normalized spacial score (nSPS) is 15.6. The van der Waals surface area contributed by atoms with Crippen LogP contribution in [0.5, 0.6) is 0 Å². The van der Waals surface area contributed by atoms with Crippen LogP contribution in [0.2, 0.25) is 0 Å². The first-order valence-corrected chi connectivity index (χ1v) is 8.23. The summed E-state index contributed by atoms with van der Waals surface area (Å²) in [6.07, 6.45) is 2.37. The first-order valence-electron chi connectivity index (χ1n) is 7.24. The van der Waals surface area contributed by atoms with Gasteiger partial charge in [-0.3, -0.25) is 0 Å². The van der Waals surface area contributed by atoms with Gasteiger partial charge < -0.3 is 9.73 Å². The van der Waals surface area contributed by atoms with Crippen LogP contribution in [0.1, 0.15) is 51.2 Å². The number of thioether (sulfide) groups is 1. The molecule has 0 saturated heterocycles. The van der Waals surface area contributed by atoms with Crippen LogP contribution in [0.3, 0.4) is 0 Å². The number of aromatic nitrogens is 4. The lowest BCUT2D eigenvalue weighted by Crippen LogP contribution is -2.34. The molecule has 0 unspecified atom stereocenters. The fourth-order valence-corrected chi connectivity index (χ4v) is 2.75. The minimum Gasteiger partial charge on any atom is -0.464 e. The van der Waals surface area contributed by atoms with E-state index in [1.165, 1.54) is 12.8 Å². The van der Waals surface area contributed by atoms with Gasteiger partial charge in [0.25, 0.3) is 0 Å². The SMILES string of the molecule is CC(C)(C)NCc1ccc(CSc2nnnn2C2CC2)o1. The quantitative estimate of drug-likeness (QED) is 0.828. The molecule has 0 radical (unpaired) electrons. The van der Waals surface area contributed by atoms with Crippen LogP contribution in [0.4, 0.5) is 0 Å². The number of nitrogens with zero attached hydrogens (tertiary/aromatic N) is 4. The number of nitrogens with one attached hydrogen (secondary N) is 1. The molecule has 0 aromatic carbocycles. The minimum atomic E-state index is 0.0913. The Balaban J connectivity index is 1.53. The van der Waals surface area contributed by atoms with E-state index in [9.17, 15) is 0 Å². The molecule has 1 aliphatic carbocycles. The van der Waals surface area contributed by atoms with Crippen molar-refractivity contribution in [2.24, 2.45) is 0 Å². The fourth-order valence-electron chi connectivity index (χ4n) is 1.91. The van der Waals surface area contributed by atoms with Crippen molar-refractivity contribution in [3.05, 3.63) is 23.7 Å². The molecular formula is C14H21N5OS. The van der Waals surface area contributed by atoms with Gasteiger partial charge >= 0.3 is 0 Å². The van der Waals surface area contributed by atoms with E-state index in [1.807, 2.05) is 16.8 Å². The Morgan fingerprint density at radius 3 is 2.81 bits per heavy atom. The molecular weight excluding hydrogens is 286 g/mol. The van der Waals surface area contributed by atoms with Gasteiger partial charge in [0.1, 0.15) is 11.5 Å². The predicted octanol–water partition coefficient (Wildman–Crippen LogP) is 2.78. The molecule has 21 heavy (non-hydrogen) atoms. The average Bonchev–Trinajstić information content (AvgIpc) is 2.99. The molecule has 2 heterocycles. The third-order valence-corrected chi connectivity index (χ3v) is 4.16. The van der Waals surface area contributed by atoms with Crippen molar-refractivity contribution in [2.45, 2.75) is 62.6 Å². The summed E-state index contributed by atoms with van der Waals surface area (Å²) in [7, 11) is 0. The second-order valence-electron chi connectivity index (χ2n) is 6.40. The lowest BCUT2D eigenvalue weighted by molar-refractivity contribution is 0.382. The van der Waals surface area contributed by atoms with Gasteiger partial charge in [0.05, 0.1) is 18.3 Å².